The molecule has 5 heteroatoms. The fourth-order valence-electron chi connectivity index (χ4n) is 4.72. The van der Waals surface area contributed by atoms with Gasteiger partial charge in [-0.3, -0.25) is 9.69 Å². The van der Waals surface area contributed by atoms with Gasteiger partial charge < -0.3 is 9.47 Å². The SMILES string of the molecule is N#Cc1ccc2c(ccn2-c2ccc(C(=O)N3CC[C@@H](N4CCCC4)C3)cc2)c1. The topological polar surface area (TPSA) is 52.3 Å². The first kappa shape index (κ1) is 18.0. The molecule has 0 N–H and O–H groups in total. The largest absolute Gasteiger partial charge is 0.337 e. The van der Waals surface area contributed by atoms with Crippen LogP contribution >= 0.6 is 0 Å². The van der Waals surface area contributed by atoms with E-state index in [9.17, 15) is 4.79 Å². The van der Waals surface area contributed by atoms with Crippen LogP contribution in [0.4, 0.5) is 0 Å². The van der Waals surface area contributed by atoms with E-state index in [0.717, 1.165) is 41.7 Å². The third kappa shape index (κ3) is 3.30. The molecule has 146 valence electrons. The Kier molecular flexibility index (Phi) is 4.57. The van der Waals surface area contributed by atoms with Crippen LogP contribution in [0.5, 0.6) is 0 Å². The molecule has 3 aromatic rings. The van der Waals surface area contributed by atoms with Crippen molar-refractivity contribution in [2.24, 2.45) is 0 Å². The summed E-state index contributed by atoms with van der Waals surface area (Å²) in [6, 6.07) is 18.3. The Morgan fingerprint density at radius 3 is 2.55 bits per heavy atom. The molecule has 5 nitrogen and oxygen atoms in total. The van der Waals surface area contributed by atoms with E-state index in [1.807, 2.05) is 59.6 Å². The lowest BCUT2D eigenvalue weighted by molar-refractivity contribution is 0.0780. The van der Waals surface area contributed by atoms with Crippen LogP contribution in [0.2, 0.25) is 0 Å². The van der Waals surface area contributed by atoms with Crippen molar-refractivity contribution in [2.75, 3.05) is 26.2 Å². The van der Waals surface area contributed by atoms with Gasteiger partial charge in [-0.1, -0.05) is 0 Å². The number of carbonyl (C=O) groups excluding carboxylic acids is 1. The fourth-order valence-corrected chi connectivity index (χ4v) is 4.72. The van der Waals surface area contributed by atoms with Gasteiger partial charge in [-0.05, 0) is 80.9 Å². The average Bonchev–Trinajstić information content (AvgIpc) is 3.53. The van der Waals surface area contributed by atoms with Gasteiger partial charge in [0.15, 0.2) is 0 Å². The van der Waals surface area contributed by atoms with E-state index in [1.54, 1.807) is 0 Å². The van der Waals surface area contributed by atoms with Gasteiger partial charge in [0.2, 0.25) is 0 Å². The smallest absolute Gasteiger partial charge is 0.253 e. The monoisotopic (exact) mass is 384 g/mol. The Labute approximate surface area is 170 Å². The highest BCUT2D eigenvalue weighted by Gasteiger charge is 2.31. The molecule has 0 spiro atoms. The fraction of sp³-hybridized carbons (Fsp3) is 0.333. The minimum Gasteiger partial charge on any atom is -0.337 e. The number of benzene rings is 2. The highest BCUT2D eigenvalue weighted by Crippen LogP contribution is 2.24. The second-order valence-corrected chi connectivity index (χ2v) is 8.05. The molecule has 5 rings (SSSR count). The molecule has 0 bridgehead atoms. The second-order valence-electron chi connectivity index (χ2n) is 8.05. The van der Waals surface area contributed by atoms with Crippen molar-refractivity contribution in [1.82, 2.24) is 14.4 Å². The van der Waals surface area contributed by atoms with E-state index in [-0.39, 0.29) is 5.91 Å². The molecule has 0 unspecified atom stereocenters. The number of nitrogens with zero attached hydrogens (tertiary/aromatic N) is 4. The quantitative estimate of drug-likeness (QED) is 0.690. The minimum absolute atomic E-state index is 0.134. The van der Waals surface area contributed by atoms with E-state index in [2.05, 4.69) is 15.5 Å². The van der Waals surface area contributed by atoms with Gasteiger partial charge in [-0.15, -0.1) is 0 Å². The lowest BCUT2D eigenvalue weighted by Crippen LogP contribution is -2.37. The number of hydrogen-bond acceptors (Lipinski definition) is 3. The molecule has 1 amide bonds. The van der Waals surface area contributed by atoms with Crippen LogP contribution in [0.25, 0.3) is 16.6 Å². The summed E-state index contributed by atoms with van der Waals surface area (Å²) in [6.45, 7) is 4.07. The number of amides is 1. The van der Waals surface area contributed by atoms with Crippen molar-refractivity contribution < 1.29 is 4.79 Å². The average molecular weight is 384 g/mol. The van der Waals surface area contributed by atoms with Gasteiger partial charge in [0.05, 0.1) is 17.1 Å². The van der Waals surface area contributed by atoms with Crippen LogP contribution in [0.1, 0.15) is 35.2 Å². The summed E-state index contributed by atoms with van der Waals surface area (Å²) < 4.78 is 2.09. The normalized spacial score (nSPS) is 19.7. The van der Waals surface area contributed by atoms with Crippen LogP contribution in [0, 0.1) is 11.3 Å². The summed E-state index contributed by atoms with van der Waals surface area (Å²) in [4.78, 5) is 17.5. The molecule has 1 aromatic heterocycles. The van der Waals surface area contributed by atoms with Crippen LogP contribution in [-0.4, -0.2) is 52.5 Å². The first-order valence-electron chi connectivity index (χ1n) is 10.4. The maximum absolute atomic E-state index is 13.0. The zero-order valence-corrected chi connectivity index (χ0v) is 16.4. The van der Waals surface area contributed by atoms with Crippen molar-refractivity contribution in [3.8, 4) is 11.8 Å². The van der Waals surface area contributed by atoms with E-state index in [4.69, 9.17) is 5.26 Å². The third-order valence-electron chi connectivity index (χ3n) is 6.32. The Morgan fingerprint density at radius 1 is 1.00 bits per heavy atom. The third-order valence-corrected chi connectivity index (χ3v) is 6.32. The number of likely N-dealkylation sites (tertiary alicyclic amines) is 2. The number of carbonyl (C=O) groups is 1. The summed E-state index contributed by atoms with van der Waals surface area (Å²) in [5, 5.41) is 10.1. The predicted molar refractivity (Wildman–Crippen MR) is 113 cm³/mol. The molecule has 1 atom stereocenters. The first-order chi connectivity index (χ1) is 14.2. The molecular formula is C24H24N4O. The van der Waals surface area contributed by atoms with Gasteiger partial charge in [-0.25, -0.2) is 0 Å². The molecule has 29 heavy (non-hydrogen) atoms. The van der Waals surface area contributed by atoms with Crippen LogP contribution in [0.15, 0.2) is 54.7 Å². The van der Waals surface area contributed by atoms with Crippen molar-refractivity contribution in [2.45, 2.75) is 25.3 Å². The summed E-state index contributed by atoms with van der Waals surface area (Å²) in [7, 11) is 0. The summed E-state index contributed by atoms with van der Waals surface area (Å²) in [6.07, 6.45) is 5.67. The van der Waals surface area contributed by atoms with Gasteiger partial charge in [-0.2, -0.15) is 5.26 Å². The molecular weight excluding hydrogens is 360 g/mol. The number of hydrogen-bond donors (Lipinski definition) is 0. The zero-order valence-electron chi connectivity index (χ0n) is 16.4. The standard InChI is InChI=1S/C24H24N4O/c25-16-18-3-8-23-20(15-18)9-14-28(23)21-6-4-19(5-7-21)24(29)27-13-10-22(17-27)26-11-1-2-12-26/h3-9,14-15,22H,1-2,10-13,17H2/t22-/m1/s1. The molecule has 2 aliphatic heterocycles. The van der Waals surface area contributed by atoms with Crippen LogP contribution < -0.4 is 0 Å². The van der Waals surface area contributed by atoms with Gasteiger partial charge in [0.25, 0.3) is 5.91 Å². The highest BCUT2D eigenvalue weighted by molar-refractivity contribution is 5.94. The van der Waals surface area contributed by atoms with Crippen molar-refractivity contribution in [3.63, 3.8) is 0 Å². The molecule has 3 heterocycles. The maximum atomic E-state index is 13.0. The lowest BCUT2D eigenvalue weighted by atomic mass is 10.1. The van der Waals surface area contributed by atoms with Gasteiger partial charge >= 0.3 is 0 Å². The van der Waals surface area contributed by atoms with E-state index < -0.39 is 0 Å². The van der Waals surface area contributed by atoms with E-state index in [0.29, 0.717) is 11.6 Å². The van der Waals surface area contributed by atoms with Crippen molar-refractivity contribution in [3.05, 3.63) is 65.9 Å². The maximum Gasteiger partial charge on any atom is 0.253 e. The Morgan fingerprint density at radius 2 is 1.79 bits per heavy atom. The number of aromatic nitrogens is 1. The minimum atomic E-state index is 0.134. The molecule has 2 saturated heterocycles. The van der Waals surface area contributed by atoms with Gasteiger partial charge in [0, 0.05) is 42.0 Å². The summed E-state index contributed by atoms with van der Waals surface area (Å²) in [5.41, 5.74) is 3.47. The lowest BCUT2D eigenvalue weighted by Gasteiger charge is -2.23. The van der Waals surface area contributed by atoms with Crippen molar-refractivity contribution in [1.29, 1.82) is 5.26 Å². The second kappa shape index (κ2) is 7.38. The summed E-state index contributed by atoms with van der Waals surface area (Å²) >= 11 is 0. The molecule has 0 saturated carbocycles. The highest BCUT2D eigenvalue weighted by atomic mass is 16.2. The van der Waals surface area contributed by atoms with Crippen molar-refractivity contribution >= 4 is 16.8 Å². The molecule has 0 aliphatic carbocycles. The number of nitriles is 1. The molecule has 2 aromatic carbocycles. The number of rotatable bonds is 3. The molecule has 2 fully saturated rings. The first-order valence-corrected chi connectivity index (χ1v) is 10.4. The Hall–Kier alpha value is -3.10. The molecule has 2 aliphatic rings. The zero-order chi connectivity index (χ0) is 19.8. The predicted octanol–water partition coefficient (Wildman–Crippen LogP) is 3.81. The molecule has 0 radical (unpaired) electrons. The van der Waals surface area contributed by atoms with E-state index >= 15 is 0 Å². The summed E-state index contributed by atoms with van der Waals surface area (Å²) in [5.74, 6) is 0.134. The van der Waals surface area contributed by atoms with Crippen LogP contribution in [0.3, 0.4) is 0 Å². The van der Waals surface area contributed by atoms with E-state index in [1.165, 1.54) is 25.9 Å². The van der Waals surface area contributed by atoms with Gasteiger partial charge in [0.1, 0.15) is 0 Å². The Balaban J connectivity index is 1.33. The van der Waals surface area contributed by atoms with Crippen LogP contribution in [-0.2, 0) is 0 Å². The Bertz CT molecular complexity index is 1090. The number of fused-ring (bicyclic) bond motifs is 1.